The predicted octanol–water partition coefficient (Wildman–Crippen LogP) is 4.37. The Morgan fingerprint density at radius 3 is 1.60 bits per heavy atom. The summed E-state index contributed by atoms with van der Waals surface area (Å²) in [5.74, 6) is 0. The van der Waals surface area contributed by atoms with Gasteiger partial charge in [-0.2, -0.15) is 0 Å². The molecule has 0 saturated carbocycles. The minimum absolute atomic E-state index is 0.722. The fraction of sp³-hybridized carbons (Fsp3) is 0.625. The summed E-state index contributed by atoms with van der Waals surface area (Å²) in [6.45, 7) is 8.53. The molecule has 0 radical (unpaired) electrons. The van der Waals surface area contributed by atoms with Crippen LogP contribution in [0.1, 0.15) is 45.6 Å². The molecule has 0 fully saturated rings. The van der Waals surface area contributed by atoms with Crippen LogP contribution in [0.25, 0.3) is 0 Å². The van der Waals surface area contributed by atoms with E-state index in [0.29, 0.717) is 0 Å². The molecule has 0 atom stereocenters. The topological polar surface area (TPSA) is 27.7 Å². The van der Waals surface area contributed by atoms with E-state index in [-0.39, 0.29) is 0 Å². The molecule has 0 spiro atoms. The Morgan fingerprint density at radius 1 is 0.750 bits per heavy atom. The van der Waals surface area contributed by atoms with Crippen LogP contribution in [0, 0.1) is 0 Å². The summed E-state index contributed by atoms with van der Waals surface area (Å²) in [4.78, 5) is 0. The van der Waals surface area contributed by atoms with E-state index in [4.69, 9.17) is 9.96 Å². The quantitative estimate of drug-likeness (QED) is 0.568. The third-order valence-electron chi connectivity index (χ3n) is 2.84. The summed E-state index contributed by atoms with van der Waals surface area (Å²) < 4.78 is 19.2. The second-order valence-electron chi connectivity index (χ2n) is 4.89. The molecule has 0 aliphatic heterocycles. The van der Waals surface area contributed by atoms with Gasteiger partial charge in [0.2, 0.25) is 0 Å². The molecular formula is C16H28O3Ti. The van der Waals surface area contributed by atoms with Crippen molar-refractivity contribution in [2.24, 2.45) is 0 Å². The molecular weight excluding hydrogens is 288 g/mol. The van der Waals surface area contributed by atoms with Crippen molar-refractivity contribution >= 4 is 0 Å². The van der Waals surface area contributed by atoms with Crippen LogP contribution in [0.2, 0.25) is 0 Å². The fourth-order valence-electron chi connectivity index (χ4n) is 1.90. The molecule has 0 aliphatic carbocycles. The van der Waals surface area contributed by atoms with E-state index >= 15 is 0 Å². The molecule has 0 bridgehead atoms. The van der Waals surface area contributed by atoms with E-state index in [2.05, 4.69) is 45.0 Å². The Morgan fingerprint density at radius 2 is 1.20 bits per heavy atom. The van der Waals surface area contributed by atoms with E-state index in [9.17, 15) is 0 Å². The van der Waals surface area contributed by atoms with Crippen molar-refractivity contribution in [3.05, 3.63) is 35.9 Å². The van der Waals surface area contributed by atoms with E-state index in [0.717, 1.165) is 43.8 Å². The Kier molecular flexibility index (Phi) is 9.40. The van der Waals surface area contributed by atoms with Gasteiger partial charge in [0.05, 0.1) is 0 Å². The van der Waals surface area contributed by atoms with Crippen molar-refractivity contribution in [3.63, 3.8) is 0 Å². The van der Waals surface area contributed by atoms with Crippen LogP contribution in [0.4, 0.5) is 0 Å². The van der Waals surface area contributed by atoms with Gasteiger partial charge in [-0.25, -0.2) is 0 Å². The molecule has 1 rings (SSSR count). The van der Waals surface area contributed by atoms with Gasteiger partial charge in [0.1, 0.15) is 0 Å². The fourth-order valence-corrected chi connectivity index (χ4v) is 6.33. The molecule has 0 aromatic heterocycles. The van der Waals surface area contributed by atoms with Gasteiger partial charge in [-0.05, 0) is 0 Å². The maximum atomic E-state index is 6.13. The van der Waals surface area contributed by atoms with E-state index in [1.54, 1.807) is 0 Å². The van der Waals surface area contributed by atoms with Crippen molar-refractivity contribution in [3.8, 4) is 0 Å². The summed E-state index contributed by atoms with van der Waals surface area (Å²) in [7, 11) is 0. The first-order chi connectivity index (χ1) is 9.76. The van der Waals surface area contributed by atoms with Crippen LogP contribution in [0.5, 0.6) is 0 Å². The molecule has 0 unspecified atom stereocenters. The Labute approximate surface area is 128 Å². The van der Waals surface area contributed by atoms with Crippen molar-refractivity contribution in [1.82, 2.24) is 0 Å². The van der Waals surface area contributed by atoms with Crippen LogP contribution >= 0.6 is 0 Å². The second kappa shape index (κ2) is 10.5. The van der Waals surface area contributed by atoms with Gasteiger partial charge in [0.15, 0.2) is 0 Å². The van der Waals surface area contributed by atoms with Crippen LogP contribution in [-0.4, -0.2) is 19.8 Å². The number of benzene rings is 1. The summed E-state index contributed by atoms with van der Waals surface area (Å²) >= 11 is -3.18. The van der Waals surface area contributed by atoms with E-state index in [1.165, 1.54) is 5.56 Å². The average molecular weight is 316 g/mol. The molecule has 4 heteroatoms. The summed E-state index contributed by atoms with van der Waals surface area (Å²) in [6.07, 6.45) is 2.98. The molecule has 0 heterocycles. The zero-order valence-electron chi connectivity index (χ0n) is 13.1. The number of hydrogen-bond donors (Lipinski definition) is 0. The van der Waals surface area contributed by atoms with Crippen molar-refractivity contribution < 1.29 is 27.7 Å². The van der Waals surface area contributed by atoms with Crippen LogP contribution in [-0.2, 0) is 32.4 Å². The third kappa shape index (κ3) is 6.51. The Bertz CT molecular complexity index is 321. The number of rotatable bonds is 11. The standard InChI is InChI=1S/C7H7.3C3H7O.Ti/c1-7-5-3-2-4-6-7;3*1-2-3-4;/h2-6H,1H2;3*2-3H2,1H3;/q;3*-1;+3. The van der Waals surface area contributed by atoms with Crippen LogP contribution < -0.4 is 0 Å². The van der Waals surface area contributed by atoms with Crippen molar-refractivity contribution in [1.29, 1.82) is 0 Å². The van der Waals surface area contributed by atoms with Gasteiger partial charge >= 0.3 is 128 Å². The average Bonchev–Trinajstić information content (AvgIpc) is 2.49. The maximum absolute atomic E-state index is 6.13. The van der Waals surface area contributed by atoms with E-state index in [1.807, 2.05) is 6.07 Å². The predicted molar refractivity (Wildman–Crippen MR) is 78.9 cm³/mol. The van der Waals surface area contributed by atoms with E-state index < -0.39 is 17.8 Å². The molecule has 0 saturated heterocycles. The zero-order valence-corrected chi connectivity index (χ0v) is 14.6. The minimum atomic E-state index is -3.18. The van der Waals surface area contributed by atoms with Crippen molar-refractivity contribution in [2.45, 2.75) is 44.8 Å². The molecule has 1 aromatic carbocycles. The molecule has 0 aliphatic rings. The zero-order chi connectivity index (χ0) is 14.7. The molecule has 1 aromatic rings. The molecule has 0 amide bonds. The van der Waals surface area contributed by atoms with Crippen LogP contribution in [0.3, 0.4) is 0 Å². The first-order valence-corrected chi connectivity index (χ1v) is 10.7. The normalized spacial score (nSPS) is 11.8. The summed E-state index contributed by atoms with van der Waals surface area (Å²) in [5.41, 5.74) is 1.25. The summed E-state index contributed by atoms with van der Waals surface area (Å²) in [5, 5.41) is 0. The number of hydrogen-bond acceptors (Lipinski definition) is 3. The first-order valence-electron chi connectivity index (χ1n) is 7.72. The Hall–Kier alpha value is -0.186. The molecule has 114 valence electrons. The van der Waals surface area contributed by atoms with Gasteiger partial charge < -0.3 is 0 Å². The van der Waals surface area contributed by atoms with Gasteiger partial charge in [-0.3, -0.25) is 0 Å². The van der Waals surface area contributed by atoms with Gasteiger partial charge in [-0.15, -0.1) is 0 Å². The van der Waals surface area contributed by atoms with Crippen LogP contribution in [0.15, 0.2) is 30.3 Å². The van der Waals surface area contributed by atoms with Gasteiger partial charge in [0.25, 0.3) is 0 Å². The SMILES string of the molecule is CCC[O][Ti]([CH2]c1ccccc1)([O]CCC)[O]CCC. The summed E-state index contributed by atoms with van der Waals surface area (Å²) in [6, 6.07) is 10.4. The molecule has 20 heavy (non-hydrogen) atoms. The van der Waals surface area contributed by atoms with Gasteiger partial charge in [-0.1, -0.05) is 0 Å². The third-order valence-corrected chi connectivity index (χ3v) is 7.17. The monoisotopic (exact) mass is 316 g/mol. The molecule has 3 nitrogen and oxygen atoms in total. The van der Waals surface area contributed by atoms with Crippen molar-refractivity contribution in [2.75, 3.05) is 19.8 Å². The second-order valence-corrected chi connectivity index (χ2v) is 8.93. The van der Waals surface area contributed by atoms with Gasteiger partial charge in [0, 0.05) is 0 Å². The molecule has 0 N–H and O–H groups in total. The Balaban J connectivity index is 2.81. The first kappa shape index (κ1) is 17.9.